The molecule has 5 rings (SSSR count). The van der Waals surface area contributed by atoms with E-state index in [-0.39, 0.29) is 11.9 Å². The van der Waals surface area contributed by atoms with Crippen LogP contribution in [0.5, 0.6) is 0 Å². The Bertz CT molecular complexity index is 1010. The maximum Gasteiger partial charge on any atom is 0.248 e. The van der Waals surface area contributed by atoms with Crippen molar-refractivity contribution in [2.75, 3.05) is 0 Å². The fraction of sp³-hybridized carbons (Fsp3) is 0.500. The molecule has 2 heterocycles. The Labute approximate surface area is 167 Å². The standard InChI is InChI=1S/C20H23ClN6O/c21-15-8-4-6-13-14-7-5-9-16(18(14)24-17(13)15)23-19(28)20(10-2-1-3-11-20)27-12-22-25-26-27/h4,6,8,12,16,24H,1-3,5,7,9-11H2,(H,23,28)/t16-/m0/s1. The van der Waals surface area contributed by atoms with Gasteiger partial charge in [0.25, 0.3) is 0 Å². The normalized spacial score (nSPS) is 21.4. The smallest absolute Gasteiger partial charge is 0.248 e. The number of benzene rings is 1. The second-order valence-electron chi connectivity index (χ2n) is 7.94. The Morgan fingerprint density at radius 1 is 1.25 bits per heavy atom. The topological polar surface area (TPSA) is 88.5 Å². The highest BCUT2D eigenvalue weighted by Crippen LogP contribution is 2.39. The van der Waals surface area contributed by atoms with Crippen LogP contribution < -0.4 is 5.32 Å². The predicted molar refractivity (Wildman–Crippen MR) is 106 cm³/mol. The van der Waals surface area contributed by atoms with Gasteiger partial charge in [0.15, 0.2) is 0 Å². The number of para-hydroxylation sites is 1. The molecule has 1 aromatic carbocycles. The van der Waals surface area contributed by atoms with Gasteiger partial charge in [-0.15, -0.1) is 5.10 Å². The summed E-state index contributed by atoms with van der Waals surface area (Å²) < 4.78 is 1.66. The van der Waals surface area contributed by atoms with E-state index in [1.165, 1.54) is 5.56 Å². The van der Waals surface area contributed by atoms with E-state index in [9.17, 15) is 4.79 Å². The van der Waals surface area contributed by atoms with E-state index < -0.39 is 5.54 Å². The highest BCUT2D eigenvalue weighted by Gasteiger charge is 2.44. The van der Waals surface area contributed by atoms with Crippen LogP contribution in [0.2, 0.25) is 5.02 Å². The zero-order valence-electron chi connectivity index (χ0n) is 15.6. The number of fused-ring (bicyclic) bond motifs is 3. The molecule has 8 heteroatoms. The minimum atomic E-state index is -0.691. The van der Waals surface area contributed by atoms with E-state index in [0.29, 0.717) is 0 Å². The largest absolute Gasteiger partial charge is 0.355 e. The van der Waals surface area contributed by atoms with E-state index in [2.05, 4.69) is 31.9 Å². The summed E-state index contributed by atoms with van der Waals surface area (Å²) in [6.07, 6.45) is 9.20. The molecule has 2 N–H and O–H groups in total. The summed E-state index contributed by atoms with van der Waals surface area (Å²) in [4.78, 5) is 17.0. The number of nitrogens with one attached hydrogen (secondary N) is 2. The summed E-state index contributed by atoms with van der Waals surface area (Å²) in [6, 6.07) is 5.93. The Morgan fingerprint density at radius 2 is 2.11 bits per heavy atom. The molecule has 0 saturated heterocycles. The quantitative estimate of drug-likeness (QED) is 0.704. The van der Waals surface area contributed by atoms with Crippen molar-refractivity contribution in [3.63, 3.8) is 0 Å². The van der Waals surface area contributed by atoms with Crippen LogP contribution in [0.1, 0.15) is 62.2 Å². The first-order valence-electron chi connectivity index (χ1n) is 10.0. The van der Waals surface area contributed by atoms with Crippen molar-refractivity contribution in [2.24, 2.45) is 0 Å². The lowest BCUT2D eigenvalue weighted by Crippen LogP contribution is -2.51. The van der Waals surface area contributed by atoms with E-state index in [0.717, 1.165) is 73.0 Å². The maximum atomic E-state index is 13.5. The van der Waals surface area contributed by atoms with Crippen LogP contribution in [0, 0.1) is 0 Å². The van der Waals surface area contributed by atoms with Crippen molar-refractivity contribution >= 4 is 28.4 Å². The monoisotopic (exact) mass is 398 g/mol. The Hall–Kier alpha value is -2.41. The summed E-state index contributed by atoms with van der Waals surface area (Å²) in [5, 5.41) is 16.8. The lowest BCUT2D eigenvalue weighted by atomic mass is 9.80. The minimum Gasteiger partial charge on any atom is -0.355 e. The average molecular weight is 399 g/mol. The second-order valence-corrected chi connectivity index (χ2v) is 8.35. The highest BCUT2D eigenvalue weighted by atomic mass is 35.5. The zero-order valence-corrected chi connectivity index (χ0v) is 16.4. The number of halogens is 1. The fourth-order valence-electron chi connectivity index (χ4n) is 4.94. The van der Waals surface area contributed by atoms with Crippen molar-refractivity contribution in [3.05, 3.63) is 40.8 Å². The number of aromatic nitrogens is 5. The molecule has 1 amide bonds. The lowest BCUT2D eigenvalue weighted by molar-refractivity contribution is -0.133. The van der Waals surface area contributed by atoms with E-state index in [4.69, 9.17) is 11.6 Å². The van der Waals surface area contributed by atoms with Gasteiger partial charge in [-0.1, -0.05) is 43.0 Å². The first-order chi connectivity index (χ1) is 13.7. The number of carbonyl (C=O) groups is 1. The average Bonchev–Trinajstić information content (AvgIpc) is 3.38. The van der Waals surface area contributed by atoms with Crippen LogP contribution in [0.25, 0.3) is 10.9 Å². The first kappa shape index (κ1) is 17.7. The maximum absolute atomic E-state index is 13.5. The molecule has 3 aromatic rings. The number of H-pyrrole nitrogens is 1. The van der Waals surface area contributed by atoms with Crippen molar-refractivity contribution in [3.8, 4) is 0 Å². The predicted octanol–water partition coefficient (Wildman–Crippen LogP) is 3.66. The molecule has 0 aliphatic heterocycles. The van der Waals surface area contributed by atoms with Crippen LogP contribution >= 0.6 is 11.6 Å². The molecular weight excluding hydrogens is 376 g/mol. The third-order valence-electron chi connectivity index (χ3n) is 6.39. The lowest BCUT2D eigenvalue weighted by Gasteiger charge is -2.37. The molecule has 1 atom stereocenters. The summed E-state index contributed by atoms with van der Waals surface area (Å²) in [6.45, 7) is 0. The molecule has 7 nitrogen and oxygen atoms in total. The number of hydrogen-bond acceptors (Lipinski definition) is 4. The number of aromatic amines is 1. The summed E-state index contributed by atoms with van der Waals surface area (Å²) in [7, 11) is 0. The number of hydrogen-bond donors (Lipinski definition) is 2. The third kappa shape index (κ3) is 2.71. The van der Waals surface area contributed by atoms with Gasteiger partial charge in [0.1, 0.15) is 11.9 Å². The first-order valence-corrected chi connectivity index (χ1v) is 10.4. The van der Waals surface area contributed by atoms with Crippen molar-refractivity contribution < 1.29 is 4.79 Å². The van der Waals surface area contributed by atoms with Gasteiger partial charge in [-0.05, 0) is 54.2 Å². The van der Waals surface area contributed by atoms with Crippen molar-refractivity contribution in [1.29, 1.82) is 0 Å². The molecule has 2 aliphatic rings. The van der Waals surface area contributed by atoms with Gasteiger partial charge < -0.3 is 10.3 Å². The van der Waals surface area contributed by atoms with E-state index >= 15 is 0 Å². The number of carbonyl (C=O) groups excluding carboxylic acids is 1. The van der Waals surface area contributed by atoms with Gasteiger partial charge in [-0.25, -0.2) is 4.68 Å². The molecule has 0 radical (unpaired) electrons. The molecule has 1 fully saturated rings. The van der Waals surface area contributed by atoms with Gasteiger partial charge in [0.2, 0.25) is 5.91 Å². The molecule has 0 spiro atoms. The molecule has 28 heavy (non-hydrogen) atoms. The summed E-state index contributed by atoms with van der Waals surface area (Å²) in [5.41, 5.74) is 2.63. The molecule has 2 aromatic heterocycles. The van der Waals surface area contributed by atoms with Crippen LogP contribution in [-0.2, 0) is 16.8 Å². The number of amides is 1. The fourth-order valence-corrected chi connectivity index (χ4v) is 5.16. The van der Waals surface area contributed by atoms with Gasteiger partial charge in [0, 0.05) is 11.1 Å². The van der Waals surface area contributed by atoms with Crippen molar-refractivity contribution in [2.45, 2.75) is 62.9 Å². The summed E-state index contributed by atoms with van der Waals surface area (Å²) in [5.74, 6) is 0.0158. The Morgan fingerprint density at radius 3 is 2.89 bits per heavy atom. The molecule has 146 valence electrons. The van der Waals surface area contributed by atoms with Gasteiger partial charge in [0.05, 0.1) is 16.6 Å². The van der Waals surface area contributed by atoms with Gasteiger partial charge >= 0.3 is 0 Å². The van der Waals surface area contributed by atoms with Crippen LogP contribution in [0.3, 0.4) is 0 Å². The van der Waals surface area contributed by atoms with Crippen LogP contribution in [0.4, 0.5) is 0 Å². The number of nitrogens with zero attached hydrogens (tertiary/aromatic N) is 4. The third-order valence-corrected chi connectivity index (χ3v) is 6.70. The Balaban J connectivity index is 1.49. The van der Waals surface area contributed by atoms with Gasteiger partial charge in [-0.3, -0.25) is 4.79 Å². The van der Waals surface area contributed by atoms with Gasteiger partial charge in [-0.2, -0.15) is 0 Å². The second kappa shape index (κ2) is 6.88. The number of tetrazole rings is 1. The zero-order chi connectivity index (χ0) is 19.1. The molecular formula is C20H23ClN6O. The van der Waals surface area contributed by atoms with Crippen LogP contribution in [-0.4, -0.2) is 31.1 Å². The number of rotatable bonds is 3. The molecule has 1 saturated carbocycles. The highest BCUT2D eigenvalue weighted by molar-refractivity contribution is 6.35. The summed E-state index contributed by atoms with van der Waals surface area (Å²) >= 11 is 6.40. The molecule has 2 aliphatic carbocycles. The number of aryl methyl sites for hydroxylation is 1. The van der Waals surface area contributed by atoms with E-state index in [1.54, 1.807) is 11.0 Å². The van der Waals surface area contributed by atoms with E-state index in [1.807, 2.05) is 12.1 Å². The van der Waals surface area contributed by atoms with Crippen molar-refractivity contribution in [1.82, 2.24) is 30.5 Å². The molecule has 0 bridgehead atoms. The molecule has 0 unspecified atom stereocenters. The minimum absolute atomic E-state index is 0.0158. The van der Waals surface area contributed by atoms with Crippen LogP contribution in [0.15, 0.2) is 24.5 Å². The Kier molecular flexibility index (Phi) is 4.34. The SMILES string of the molecule is O=C(N[C@H]1CCCc2c1[nH]c1c(Cl)cccc21)C1(n2cnnn2)CCCCC1.